The van der Waals surface area contributed by atoms with Crippen molar-refractivity contribution in [1.29, 1.82) is 0 Å². The van der Waals surface area contributed by atoms with Gasteiger partial charge in [0.15, 0.2) is 0 Å². The molecule has 0 aliphatic rings. The number of hydrogen-bond acceptors (Lipinski definition) is 4. The molecule has 0 spiro atoms. The van der Waals surface area contributed by atoms with Gasteiger partial charge in [-0.25, -0.2) is 0 Å². The Balaban J connectivity index is 2.59. The molecule has 2 aromatic carbocycles. The molecule has 0 amide bonds. The minimum atomic E-state index is -5.77. The van der Waals surface area contributed by atoms with Crippen molar-refractivity contribution in [2.24, 2.45) is 0 Å². The van der Waals surface area contributed by atoms with Crippen LogP contribution in [0.5, 0.6) is 0 Å². The summed E-state index contributed by atoms with van der Waals surface area (Å²) in [5.41, 5.74) is -6.38. The van der Waals surface area contributed by atoms with Crippen molar-refractivity contribution in [3.05, 3.63) is 68.8 Å². The normalized spacial score (nSPS) is 13.0. The zero-order chi connectivity index (χ0) is 28.7. The van der Waals surface area contributed by atoms with E-state index in [0.29, 0.717) is 0 Å². The first kappa shape index (κ1) is 31.8. The van der Waals surface area contributed by atoms with Gasteiger partial charge < -0.3 is 0 Å². The Morgan fingerprint density at radius 2 is 0.730 bits per heavy atom. The van der Waals surface area contributed by atoms with Gasteiger partial charge in [0.1, 0.15) is 0 Å². The van der Waals surface area contributed by atoms with Crippen LogP contribution in [0.3, 0.4) is 0 Å². The molecule has 13 heteroatoms. The van der Waals surface area contributed by atoms with Crippen molar-refractivity contribution in [2.75, 3.05) is 0 Å². The van der Waals surface area contributed by atoms with Gasteiger partial charge in [-0.15, -0.1) is 0 Å². The molecule has 0 aliphatic carbocycles. The van der Waals surface area contributed by atoms with E-state index in [-0.39, 0.29) is 0 Å². The van der Waals surface area contributed by atoms with E-state index < -0.39 is 115 Å². The van der Waals surface area contributed by atoms with Crippen LogP contribution in [0.25, 0.3) is 0 Å². The second-order valence-corrected chi connectivity index (χ2v) is 15.1. The van der Waals surface area contributed by atoms with Crippen molar-refractivity contribution in [3.8, 4) is 0 Å². The molecule has 4 nitrogen and oxygen atoms in total. The van der Waals surface area contributed by atoms with Gasteiger partial charge in [0.2, 0.25) is 0 Å². The SMILES string of the molecule is Cc1c(F)c(F)c(C[O][Zr]([O]Cc2c(F)c(F)c(C)c(F)c2F)([O]C(C)(C)C)[O]C(C)(C)C)c(F)c1F. The monoisotopic (exact) mass is 622 g/mol. The number of benzene rings is 2. The summed E-state index contributed by atoms with van der Waals surface area (Å²) in [4.78, 5) is 0. The number of hydrogen-bond donors (Lipinski definition) is 0. The molecule has 0 atom stereocenters. The summed E-state index contributed by atoms with van der Waals surface area (Å²) in [6.07, 6.45) is 0. The maximum absolute atomic E-state index is 14.5. The number of rotatable bonds is 8. The van der Waals surface area contributed by atoms with Gasteiger partial charge in [0, 0.05) is 0 Å². The Morgan fingerprint density at radius 1 is 0.486 bits per heavy atom. The fraction of sp³-hybridized carbons (Fsp3) is 0.500. The van der Waals surface area contributed by atoms with Gasteiger partial charge >= 0.3 is 217 Å². The zero-order valence-corrected chi connectivity index (χ0v) is 24.0. The summed E-state index contributed by atoms with van der Waals surface area (Å²) in [5, 5.41) is 0. The summed E-state index contributed by atoms with van der Waals surface area (Å²) >= 11 is -5.77. The summed E-state index contributed by atoms with van der Waals surface area (Å²) in [6.45, 7) is 8.42. The standard InChI is InChI=1S/2C8H5F4O.2C4H9O.Zr/c2*1-3-5(9)7(11)4(2-13)8(12)6(3)10;2*1-4(2,3)5;/h2*2H2,1H3;2*1-3H3;/q4*-1;+4. The van der Waals surface area contributed by atoms with Gasteiger partial charge in [-0.05, 0) is 0 Å². The van der Waals surface area contributed by atoms with Gasteiger partial charge in [-0.1, -0.05) is 0 Å². The Morgan fingerprint density at radius 3 is 0.946 bits per heavy atom. The van der Waals surface area contributed by atoms with Crippen LogP contribution in [0.4, 0.5) is 35.1 Å². The molecule has 208 valence electrons. The summed E-state index contributed by atoms with van der Waals surface area (Å²) in [6, 6.07) is 0. The van der Waals surface area contributed by atoms with Crippen LogP contribution in [0.1, 0.15) is 63.8 Å². The molecule has 0 N–H and O–H groups in total. The number of halogens is 8. The van der Waals surface area contributed by atoms with Crippen molar-refractivity contribution >= 4 is 0 Å². The molecule has 0 fully saturated rings. The Bertz CT molecular complexity index is 1030. The van der Waals surface area contributed by atoms with Crippen LogP contribution in [0.15, 0.2) is 0 Å². The van der Waals surface area contributed by atoms with Crippen LogP contribution >= 0.6 is 0 Å². The third-order valence-corrected chi connectivity index (χ3v) is 11.5. The molecular weight excluding hydrogens is 595 g/mol. The summed E-state index contributed by atoms with van der Waals surface area (Å²) in [7, 11) is 0. The van der Waals surface area contributed by atoms with Crippen LogP contribution in [0, 0.1) is 60.4 Å². The third-order valence-electron chi connectivity index (χ3n) is 4.80. The van der Waals surface area contributed by atoms with E-state index in [9.17, 15) is 35.1 Å². The van der Waals surface area contributed by atoms with Crippen molar-refractivity contribution < 1.29 is 68.4 Å². The molecular formula is C24H28F8O4Zr. The fourth-order valence-corrected chi connectivity index (χ4v) is 9.23. The van der Waals surface area contributed by atoms with Crippen LogP contribution in [-0.2, 0) is 46.5 Å². The summed E-state index contributed by atoms with van der Waals surface area (Å²) < 4.78 is 137. The first-order valence-electron chi connectivity index (χ1n) is 11.0. The third kappa shape index (κ3) is 7.38. The van der Waals surface area contributed by atoms with E-state index in [2.05, 4.69) is 0 Å². The Kier molecular flexibility index (Phi) is 9.78. The van der Waals surface area contributed by atoms with Crippen molar-refractivity contribution in [3.63, 3.8) is 0 Å². The first-order valence-corrected chi connectivity index (χ1v) is 15.0. The molecule has 0 saturated heterocycles. The average Bonchev–Trinajstić information content (AvgIpc) is 2.76. The van der Waals surface area contributed by atoms with Crippen molar-refractivity contribution in [1.82, 2.24) is 0 Å². The summed E-state index contributed by atoms with van der Waals surface area (Å²) in [5.74, 6) is -13.5. The van der Waals surface area contributed by atoms with Gasteiger partial charge in [-0.2, -0.15) is 0 Å². The maximum atomic E-state index is 14.5. The molecule has 0 bridgehead atoms. The Hall–Kier alpha value is -1.40. The topological polar surface area (TPSA) is 36.9 Å². The minimum absolute atomic E-state index is 0.836. The van der Waals surface area contributed by atoms with E-state index >= 15 is 0 Å². The molecule has 2 rings (SSSR count). The van der Waals surface area contributed by atoms with Crippen LogP contribution < -0.4 is 0 Å². The van der Waals surface area contributed by atoms with E-state index in [4.69, 9.17) is 11.3 Å². The average molecular weight is 624 g/mol. The Labute approximate surface area is 216 Å². The molecule has 0 aliphatic heterocycles. The molecule has 0 saturated carbocycles. The second kappa shape index (κ2) is 11.4. The van der Waals surface area contributed by atoms with E-state index in [1.54, 1.807) is 0 Å². The van der Waals surface area contributed by atoms with Crippen molar-refractivity contribution in [2.45, 2.75) is 79.8 Å². The van der Waals surface area contributed by atoms with Crippen LogP contribution in [-0.4, -0.2) is 11.2 Å². The molecule has 37 heavy (non-hydrogen) atoms. The molecule has 0 aromatic heterocycles. The quantitative estimate of drug-likeness (QED) is 0.224. The van der Waals surface area contributed by atoms with Crippen LogP contribution in [0.2, 0.25) is 0 Å². The van der Waals surface area contributed by atoms with Gasteiger partial charge in [0.25, 0.3) is 0 Å². The fourth-order valence-electron chi connectivity index (χ4n) is 3.08. The second-order valence-electron chi connectivity index (χ2n) is 10.2. The zero-order valence-electron chi connectivity index (χ0n) is 21.6. The van der Waals surface area contributed by atoms with E-state index in [1.807, 2.05) is 0 Å². The molecule has 0 heterocycles. The van der Waals surface area contributed by atoms with Gasteiger partial charge in [0.05, 0.1) is 0 Å². The van der Waals surface area contributed by atoms with Gasteiger partial charge in [-0.3, -0.25) is 0 Å². The molecule has 0 unspecified atom stereocenters. The van der Waals surface area contributed by atoms with E-state index in [1.165, 1.54) is 41.5 Å². The predicted molar refractivity (Wildman–Crippen MR) is 113 cm³/mol. The first-order chi connectivity index (χ1) is 16.7. The van der Waals surface area contributed by atoms with E-state index in [0.717, 1.165) is 13.8 Å². The predicted octanol–water partition coefficient (Wildman–Crippen LogP) is 7.59. The molecule has 2 aromatic rings. The molecule has 0 radical (unpaired) electrons.